The molecule has 178 valence electrons. The van der Waals surface area contributed by atoms with Crippen LogP contribution in [0.3, 0.4) is 0 Å². The summed E-state index contributed by atoms with van der Waals surface area (Å²) in [7, 11) is 0. The molecule has 0 aliphatic carbocycles. The van der Waals surface area contributed by atoms with E-state index in [0.717, 1.165) is 24.8 Å². The largest absolute Gasteiger partial charge is 0.445 e. The van der Waals surface area contributed by atoms with E-state index in [1.807, 2.05) is 63.0 Å². The number of benzene rings is 1. The van der Waals surface area contributed by atoms with Gasteiger partial charge in [0, 0.05) is 32.2 Å². The van der Waals surface area contributed by atoms with E-state index in [0.29, 0.717) is 26.2 Å². The Morgan fingerprint density at radius 1 is 1.25 bits per heavy atom. The molecule has 2 N–H and O–H groups in total. The van der Waals surface area contributed by atoms with Crippen LogP contribution < -0.4 is 5.32 Å². The highest BCUT2D eigenvalue weighted by Gasteiger charge is 2.51. The lowest BCUT2D eigenvalue weighted by molar-refractivity contribution is -0.283. The highest BCUT2D eigenvalue weighted by molar-refractivity contribution is 5.68. The molecule has 2 heterocycles. The van der Waals surface area contributed by atoms with Crippen molar-refractivity contribution < 1.29 is 24.3 Å². The summed E-state index contributed by atoms with van der Waals surface area (Å²) < 4.78 is 10.8. The molecule has 9 heteroatoms. The van der Waals surface area contributed by atoms with Crippen molar-refractivity contribution in [3.8, 4) is 0 Å². The number of rotatable bonds is 5. The fourth-order valence-corrected chi connectivity index (χ4v) is 4.48. The van der Waals surface area contributed by atoms with Crippen molar-refractivity contribution in [1.82, 2.24) is 20.4 Å². The van der Waals surface area contributed by atoms with Crippen molar-refractivity contribution in [2.24, 2.45) is 0 Å². The Morgan fingerprint density at radius 3 is 2.66 bits per heavy atom. The normalized spacial score (nSPS) is 24.5. The topological polar surface area (TPSA) is 94.6 Å². The molecule has 2 amide bonds. The lowest BCUT2D eigenvalue weighted by Gasteiger charge is -2.44. The van der Waals surface area contributed by atoms with E-state index in [1.54, 1.807) is 4.90 Å². The highest BCUT2D eigenvalue weighted by atomic mass is 16.6. The average molecular weight is 449 g/mol. The fraction of sp³-hybridized carbons (Fsp3) is 0.652. The third-order valence-corrected chi connectivity index (χ3v) is 5.88. The molecule has 0 aromatic heterocycles. The van der Waals surface area contributed by atoms with Crippen LogP contribution in [0.4, 0.5) is 9.59 Å². The van der Waals surface area contributed by atoms with Gasteiger partial charge in [0.1, 0.15) is 12.2 Å². The van der Waals surface area contributed by atoms with Crippen molar-refractivity contribution in [3.63, 3.8) is 0 Å². The molecule has 9 nitrogen and oxygen atoms in total. The van der Waals surface area contributed by atoms with E-state index < -0.39 is 17.2 Å². The maximum atomic E-state index is 12.6. The number of amides is 2. The van der Waals surface area contributed by atoms with Gasteiger partial charge in [-0.2, -0.15) is 0 Å². The molecule has 3 rings (SSSR count). The monoisotopic (exact) mass is 448 g/mol. The van der Waals surface area contributed by atoms with Gasteiger partial charge in [-0.25, -0.2) is 14.6 Å². The van der Waals surface area contributed by atoms with Crippen LogP contribution in [0, 0.1) is 0 Å². The number of piperidine rings is 1. The molecule has 2 aliphatic heterocycles. The van der Waals surface area contributed by atoms with Crippen LogP contribution in [0.15, 0.2) is 30.3 Å². The number of hydrazine groups is 1. The minimum absolute atomic E-state index is 0.0701. The predicted molar refractivity (Wildman–Crippen MR) is 119 cm³/mol. The van der Waals surface area contributed by atoms with E-state index in [9.17, 15) is 14.8 Å². The standard InChI is InChI=1S/C23H36N4O5/c1-18-15-23(11-8-13-25(17-23)21(29)32-22(2,3)4)27(30)26(18)14-12-24-20(28)31-16-19-9-6-5-7-10-19/h5-7,9-10,18,30H,8,11-17H2,1-4H3,(H,24,28). The van der Waals surface area contributed by atoms with E-state index in [1.165, 1.54) is 5.17 Å². The molecule has 2 atom stereocenters. The summed E-state index contributed by atoms with van der Waals surface area (Å²) in [5.41, 5.74) is -0.176. The van der Waals surface area contributed by atoms with Gasteiger partial charge in [-0.15, -0.1) is 5.17 Å². The summed E-state index contributed by atoms with van der Waals surface area (Å²) in [6.07, 6.45) is 1.46. The lowest BCUT2D eigenvalue weighted by Crippen LogP contribution is -2.59. The Labute approximate surface area is 190 Å². The molecule has 2 unspecified atom stereocenters. The Kier molecular flexibility index (Phi) is 7.63. The fourth-order valence-electron chi connectivity index (χ4n) is 4.48. The quantitative estimate of drug-likeness (QED) is 0.713. The lowest BCUT2D eigenvalue weighted by atomic mass is 9.85. The summed E-state index contributed by atoms with van der Waals surface area (Å²) >= 11 is 0. The van der Waals surface area contributed by atoms with Gasteiger partial charge >= 0.3 is 12.2 Å². The SMILES string of the molecule is CC1CC2(CCCN(C(=O)OC(C)(C)C)C2)N(O)N1CCNC(=O)OCc1ccccc1. The number of alkyl carbamates (subject to hydrolysis) is 1. The number of likely N-dealkylation sites (tertiary alicyclic amines) is 1. The minimum Gasteiger partial charge on any atom is -0.445 e. The second-order valence-corrected chi connectivity index (χ2v) is 9.72. The third kappa shape index (κ3) is 6.11. The van der Waals surface area contributed by atoms with Crippen LogP contribution >= 0.6 is 0 Å². The first-order valence-electron chi connectivity index (χ1n) is 11.3. The smallest absolute Gasteiger partial charge is 0.410 e. The van der Waals surface area contributed by atoms with Crippen molar-refractivity contribution >= 4 is 12.2 Å². The number of carbonyl (C=O) groups excluding carboxylic acids is 2. The van der Waals surface area contributed by atoms with Gasteiger partial charge < -0.3 is 19.7 Å². The van der Waals surface area contributed by atoms with Crippen LogP contribution in [-0.4, -0.2) is 75.8 Å². The number of carbonyl (C=O) groups is 2. The molecule has 0 radical (unpaired) electrons. The number of nitrogens with zero attached hydrogens (tertiary/aromatic N) is 3. The van der Waals surface area contributed by atoms with Crippen molar-refractivity contribution in [2.75, 3.05) is 26.2 Å². The predicted octanol–water partition coefficient (Wildman–Crippen LogP) is 3.38. The van der Waals surface area contributed by atoms with E-state index in [-0.39, 0.29) is 18.7 Å². The van der Waals surface area contributed by atoms with Crippen molar-refractivity contribution in [2.45, 2.75) is 70.7 Å². The molecule has 32 heavy (non-hydrogen) atoms. The summed E-state index contributed by atoms with van der Waals surface area (Å²) in [6.45, 7) is 9.59. The average Bonchev–Trinajstić information content (AvgIpc) is 2.95. The molecular weight excluding hydrogens is 412 g/mol. The molecule has 1 aromatic rings. The zero-order valence-electron chi connectivity index (χ0n) is 19.5. The van der Waals surface area contributed by atoms with Crippen LogP contribution in [-0.2, 0) is 16.1 Å². The summed E-state index contributed by atoms with van der Waals surface area (Å²) in [5.74, 6) is 0. The van der Waals surface area contributed by atoms with Crippen LogP contribution in [0.1, 0.15) is 52.5 Å². The van der Waals surface area contributed by atoms with E-state index in [4.69, 9.17) is 9.47 Å². The van der Waals surface area contributed by atoms with Gasteiger partial charge in [-0.1, -0.05) is 30.3 Å². The van der Waals surface area contributed by atoms with Gasteiger partial charge in [0.15, 0.2) is 0 Å². The molecule has 2 aliphatic rings. The first-order valence-corrected chi connectivity index (χ1v) is 11.3. The molecule has 0 bridgehead atoms. The molecule has 2 fully saturated rings. The number of hydroxylamine groups is 1. The summed E-state index contributed by atoms with van der Waals surface area (Å²) in [6, 6.07) is 9.56. The molecule has 0 saturated carbocycles. The van der Waals surface area contributed by atoms with Crippen molar-refractivity contribution in [1.29, 1.82) is 0 Å². The van der Waals surface area contributed by atoms with Crippen LogP contribution in [0.2, 0.25) is 0 Å². The van der Waals surface area contributed by atoms with Gasteiger partial charge in [0.25, 0.3) is 0 Å². The van der Waals surface area contributed by atoms with Crippen LogP contribution in [0.5, 0.6) is 0 Å². The first kappa shape index (κ1) is 24.3. The molecule has 2 saturated heterocycles. The van der Waals surface area contributed by atoms with Gasteiger partial charge in [0.2, 0.25) is 0 Å². The van der Waals surface area contributed by atoms with Crippen molar-refractivity contribution in [3.05, 3.63) is 35.9 Å². The van der Waals surface area contributed by atoms with E-state index >= 15 is 0 Å². The zero-order valence-corrected chi connectivity index (χ0v) is 19.5. The molecule has 1 aromatic carbocycles. The number of hydrogen-bond donors (Lipinski definition) is 2. The third-order valence-electron chi connectivity index (χ3n) is 5.88. The van der Waals surface area contributed by atoms with Gasteiger partial charge in [-0.3, -0.25) is 5.21 Å². The first-order chi connectivity index (χ1) is 15.1. The Hall–Kier alpha value is -2.36. The summed E-state index contributed by atoms with van der Waals surface area (Å²) in [4.78, 5) is 26.2. The second kappa shape index (κ2) is 10.1. The molecule has 1 spiro atoms. The maximum absolute atomic E-state index is 12.6. The number of ether oxygens (including phenoxy) is 2. The maximum Gasteiger partial charge on any atom is 0.410 e. The highest BCUT2D eigenvalue weighted by Crippen LogP contribution is 2.39. The number of nitrogens with one attached hydrogen (secondary N) is 1. The summed E-state index contributed by atoms with van der Waals surface area (Å²) in [5, 5.41) is 16.9. The van der Waals surface area contributed by atoms with E-state index in [2.05, 4.69) is 5.32 Å². The Bertz CT molecular complexity index is 784. The molecular formula is C23H36N4O5. The minimum atomic E-state index is -0.559. The Morgan fingerprint density at radius 2 is 1.97 bits per heavy atom. The van der Waals surface area contributed by atoms with Crippen LogP contribution in [0.25, 0.3) is 0 Å². The van der Waals surface area contributed by atoms with Gasteiger partial charge in [0.05, 0.1) is 5.54 Å². The number of hydrogen-bond acceptors (Lipinski definition) is 7. The Balaban J connectivity index is 1.49. The second-order valence-electron chi connectivity index (χ2n) is 9.72. The van der Waals surface area contributed by atoms with Gasteiger partial charge in [-0.05, 0) is 52.5 Å². The zero-order chi connectivity index (χ0) is 23.4.